The van der Waals surface area contributed by atoms with Gasteiger partial charge in [0.1, 0.15) is 5.82 Å². The number of likely N-dealkylation sites (N-methyl/N-ethyl adjacent to an activating group) is 1. The van der Waals surface area contributed by atoms with Crippen LogP contribution in [0.3, 0.4) is 0 Å². The van der Waals surface area contributed by atoms with Gasteiger partial charge in [-0.15, -0.1) is 0 Å². The summed E-state index contributed by atoms with van der Waals surface area (Å²) in [4.78, 5) is 9.56. The molecule has 1 aliphatic heterocycles. The quantitative estimate of drug-likeness (QED) is 0.862. The minimum absolute atomic E-state index is 0.196. The van der Waals surface area contributed by atoms with E-state index in [9.17, 15) is 0 Å². The maximum absolute atomic E-state index is 5.82. The molecule has 1 aliphatic rings. The molecule has 4 heteroatoms. The molecular weight excluding hydrogens is 248 g/mol. The molecule has 2 heterocycles. The number of hydrogen-bond acceptors (Lipinski definition) is 4. The Morgan fingerprint density at radius 2 is 2.15 bits per heavy atom. The van der Waals surface area contributed by atoms with Crippen molar-refractivity contribution < 1.29 is 0 Å². The predicted octanol–water partition coefficient (Wildman–Crippen LogP) is 1.89. The van der Waals surface area contributed by atoms with Gasteiger partial charge in [-0.25, -0.2) is 4.98 Å². The summed E-state index contributed by atoms with van der Waals surface area (Å²) in [5.41, 5.74) is 7.05. The van der Waals surface area contributed by atoms with Crippen LogP contribution >= 0.6 is 0 Å². The van der Waals surface area contributed by atoms with Gasteiger partial charge in [-0.2, -0.15) is 0 Å². The van der Waals surface area contributed by atoms with E-state index in [1.54, 1.807) is 0 Å². The Bertz CT molecular complexity index is 397. The number of anilines is 1. The van der Waals surface area contributed by atoms with Crippen molar-refractivity contribution >= 4 is 5.82 Å². The lowest BCUT2D eigenvalue weighted by Gasteiger charge is -2.26. The second-order valence-electron chi connectivity index (χ2n) is 5.82. The maximum atomic E-state index is 5.82. The Balaban J connectivity index is 1.96. The van der Waals surface area contributed by atoms with Crippen LogP contribution in [0.4, 0.5) is 5.82 Å². The summed E-state index contributed by atoms with van der Waals surface area (Å²) in [5, 5.41) is 0. The van der Waals surface area contributed by atoms with Gasteiger partial charge in [0, 0.05) is 31.4 Å². The Hall–Kier alpha value is -1.13. The van der Waals surface area contributed by atoms with Crippen LogP contribution in [0.1, 0.15) is 32.8 Å². The Labute approximate surface area is 123 Å². The number of nitrogens with zero attached hydrogens (tertiary/aromatic N) is 3. The molecule has 1 aromatic heterocycles. The molecule has 20 heavy (non-hydrogen) atoms. The van der Waals surface area contributed by atoms with Crippen molar-refractivity contribution in [1.82, 2.24) is 9.88 Å². The molecule has 1 aromatic rings. The second-order valence-corrected chi connectivity index (χ2v) is 5.82. The van der Waals surface area contributed by atoms with Gasteiger partial charge in [-0.05, 0) is 44.5 Å². The fraction of sp³-hybridized carbons (Fsp3) is 0.688. The second kappa shape index (κ2) is 7.04. The summed E-state index contributed by atoms with van der Waals surface area (Å²) in [6, 6.07) is 5.18. The van der Waals surface area contributed by atoms with E-state index in [1.165, 1.54) is 12.0 Å². The lowest BCUT2D eigenvalue weighted by Crippen LogP contribution is -2.37. The molecule has 0 bridgehead atoms. The zero-order chi connectivity index (χ0) is 14.5. The molecule has 1 fully saturated rings. The standard InChI is InChI=1S/C16H28N4/c1-4-19(5-2)15-8-9-20(12-15)16-7-6-14(11-18-16)10-13(3)17/h6-7,11,13,15H,4-5,8-10,12,17H2,1-3H3. The van der Waals surface area contributed by atoms with E-state index in [0.717, 1.165) is 38.4 Å². The first-order chi connectivity index (χ1) is 9.63. The smallest absolute Gasteiger partial charge is 0.128 e. The molecular formula is C16H28N4. The summed E-state index contributed by atoms with van der Waals surface area (Å²) in [7, 11) is 0. The van der Waals surface area contributed by atoms with Crippen LogP contribution in [0.5, 0.6) is 0 Å². The highest BCUT2D eigenvalue weighted by molar-refractivity contribution is 5.41. The highest BCUT2D eigenvalue weighted by atomic mass is 15.3. The molecule has 2 unspecified atom stereocenters. The van der Waals surface area contributed by atoms with Crippen LogP contribution in [0.25, 0.3) is 0 Å². The third-order valence-electron chi connectivity index (χ3n) is 4.18. The highest BCUT2D eigenvalue weighted by Gasteiger charge is 2.26. The number of aromatic nitrogens is 1. The van der Waals surface area contributed by atoms with E-state index in [4.69, 9.17) is 5.73 Å². The van der Waals surface area contributed by atoms with E-state index >= 15 is 0 Å². The summed E-state index contributed by atoms with van der Waals surface area (Å²) < 4.78 is 0. The fourth-order valence-corrected chi connectivity index (χ4v) is 3.08. The molecule has 2 rings (SSSR count). The van der Waals surface area contributed by atoms with Crippen molar-refractivity contribution in [2.75, 3.05) is 31.1 Å². The fourth-order valence-electron chi connectivity index (χ4n) is 3.08. The van der Waals surface area contributed by atoms with Crippen LogP contribution in [-0.4, -0.2) is 48.1 Å². The van der Waals surface area contributed by atoms with Gasteiger partial charge < -0.3 is 10.6 Å². The summed E-state index contributed by atoms with van der Waals surface area (Å²) in [6.07, 6.45) is 4.11. The van der Waals surface area contributed by atoms with Crippen LogP contribution in [0.2, 0.25) is 0 Å². The monoisotopic (exact) mass is 276 g/mol. The first kappa shape index (κ1) is 15.3. The van der Waals surface area contributed by atoms with Crippen molar-refractivity contribution in [2.45, 2.75) is 45.7 Å². The van der Waals surface area contributed by atoms with E-state index in [1.807, 2.05) is 13.1 Å². The maximum Gasteiger partial charge on any atom is 0.128 e. The van der Waals surface area contributed by atoms with Gasteiger partial charge in [-0.3, -0.25) is 4.90 Å². The molecule has 0 spiro atoms. The molecule has 0 saturated carbocycles. The van der Waals surface area contributed by atoms with E-state index in [-0.39, 0.29) is 6.04 Å². The third kappa shape index (κ3) is 3.70. The molecule has 0 radical (unpaired) electrons. The molecule has 0 aliphatic carbocycles. The predicted molar refractivity (Wildman–Crippen MR) is 85.1 cm³/mol. The molecule has 112 valence electrons. The highest BCUT2D eigenvalue weighted by Crippen LogP contribution is 2.21. The Morgan fingerprint density at radius 1 is 1.40 bits per heavy atom. The molecule has 2 N–H and O–H groups in total. The first-order valence-corrected chi connectivity index (χ1v) is 7.83. The van der Waals surface area contributed by atoms with Crippen LogP contribution < -0.4 is 10.6 Å². The number of pyridine rings is 1. The number of nitrogens with two attached hydrogens (primary N) is 1. The van der Waals surface area contributed by atoms with Gasteiger partial charge in [0.05, 0.1) is 0 Å². The largest absolute Gasteiger partial charge is 0.355 e. The van der Waals surface area contributed by atoms with Crippen molar-refractivity contribution in [3.8, 4) is 0 Å². The summed E-state index contributed by atoms with van der Waals surface area (Å²) in [6.45, 7) is 11.0. The number of rotatable bonds is 6. The zero-order valence-corrected chi connectivity index (χ0v) is 13.0. The van der Waals surface area contributed by atoms with Crippen LogP contribution in [-0.2, 0) is 6.42 Å². The van der Waals surface area contributed by atoms with Crippen molar-refractivity contribution in [2.24, 2.45) is 5.73 Å². The van der Waals surface area contributed by atoms with Crippen molar-refractivity contribution in [1.29, 1.82) is 0 Å². The minimum atomic E-state index is 0.196. The van der Waals surface area contributed by atoms with Gasteiger partial charge in [0.2, 0.25) is 0 Å². The zero-order valence-electron chi connectivity index (χ0n) is 13.0. The van der Waals surface area contributed by atoms with Crippen LogP contribution in [0, 0.1) is 0 Å². The summed E-state index contributed by atoms with van der Waals surface area (Å²) in [5.74, 6) is 1.10. The molecule has 0 aromatic carbocycles. The Morgan fingerprint density at radius 3 is 2.70 bits per heavy atom. The normalized spacial score (nSPS) is 20.6. The first-order valence-electron chi connectivity index (χ1n) is 7.83. The van der Waals surface area contributed by atoms with E-state index in [0.29, 0.717) is 6.04 Å². The van der Waals surface area contributed by atoms with E-state index in [2.05, 4.69) is 40.8 Å². The van der Waals surface area contributed by atoms with E-state index < -0.39 is 0 Å². The van der Waals surface area contributed by atoms with Crippen molar-refractivity contribution in [3.63, 3.8) is 0 Å². The topological polar surface area (TPSA) is 45.4 Å². The van der Waals surface area contributed by atoms with Gasteiger partial charge in [0.25, 0.3) is 0 Å². The molecule has 1 saturated heterocycles. The average Bonchev–Trinajstić information content (AvgIpc) is 2.90. The molecule has 0 amide bonds. The average molecular weight is 276 g/mol. The van der Waals surface area contributed by atoms with Gasteiger partial charge in [0.15, 0.2) is 0 Å². The molecule has 2 atom stereocenters. The van der Waals surface area contributed by atoms with Crippen molar-refractivity contribution in [3.05, 3.63) is 23.9 Å². The molecule has 4 nitrogen and oxygen atoms in total. The third-order valence-corrected chi connectivity index (χ3v) is 4.18. The van der Waals surface area contributed by atoms with Gasteiger partial charge >= 0.3 is 0 Å². The SMILES string of the molecule is CCN(CC)C1CCN(c2ccc(CC(C)N)cn2)C1. The van der Waals surface area contributed by atoms with Crippen LogP contribution in [0.15, 0.2) is 18.3 Å². The Kier molecular flexibility index (Phi) is 5.38. The summed E-state index contributed by atoms with van der Waals surface area (Å²) >= 11 is 0. The van der Waals surface area contributed by atoms with Gasteiger partial charge in [-0.1, -0.05) is 19.9 Å². The lowest BCUT2D eigenvalue weighted by atomic mass is 10.1. The minimum Gasteiger partial charge on any atom is -0.355 e. The lowest BCUT2D eigenvalue weighted by molar-refractivity contribution is 0.232. The number of hydrogen-bond donors (Lipinski definition) is 1.